The number of methoxy groups -OCH3 is 1. The highest BCUT2D eigenvalue weighted by Crippen LogP contribution is 2.54. The number of halogens is 11. The van der Waals surface area contributed by atoms with Gasteiger partial charge in [0.1, 0.15) is 34.6 Å². The highest BCUT2D eigenvalue weighted by Gasteiger charge is 2.46. The van der Waals surface area contributed by atoms with Gasteiger partial charge in [-0.25, -0.2) is 35.1 Å². The highest BCUT2D eigenvalue weighted by atomic mass is 19.4. The molecule has 5 rings (SSSR count). The number of alkyl halides is 3. The van der Waals surface area contributed by atoms with Crippen molar-refractivity contribution >= 4 is 5.57 Å². The van der Waals surface area contributed by atoms with Gasteiger partial charge < -0.3 is 4.74 Å². The minimum absolute atomic E-state index is 0.259. The number of ether oxygens (including phenoxy) is 1. The van der Waals surface area contributed by atoms with Crippen molar-refractivity contribution in [3.05, 3.63) is 128 Å². The Kier molecular flexibility index (Phi) is 6.54. The van der Waals surface area contributed by atoms with Crippen molar-refractivity contribution in [2.75, 3.05) is 7.11 Å². The fourth-order valence-electron chi connectivity index (χ4n) is 5.22. The van der Waals surface area contributed by atoms with Crippen molar-refractivity contribution in [2.24, 2.45) is 5.92 Å². The number of rotatable bonds is 3. The molecule has 2 aliphatic carbocycles. The van der Waals surface area contributed by atoms with E-state index in [-0.39, 0.29) is 5.75 Å². The molecule has 0 aromatic heterocycles. The van der Waals surface area contributed by atoms with E-state index < -0.39 is 104 Å². The Balaban J connectivity index is 1.93. The van der Waals surface area contributed by atoms with Crippen molar-refractivity contribution in [3.63, 3.8) is 0 Å². The second-order valence-corrected chi connectivity index (χ2v) is 8.90. The summed E-state index contributed by atoms with van der Waals surface area (Å²) >= 11 is 0. The maximum atomic E-state index is 15.4. The molecule has 12 heteroatoms. The maximum Gasteiger partial charge on any atom is 0.422 e. The molecule has 3 aromatic carbocycles. The van der Waals surface area contributed by atoms with Gasteiger partial charge in [0, 0.05) is 46.2 Å². The lowest BCUT2D eigenvalue weighted by atomic mass is 9.66. The van der Waals surface area contributed by atoms with Crippen molar-refractivity contribution in [1.29, 1.82) is 0 Å². The average molecular weight is 574 g/mol. The van der Waals surface area contributed by atoms with Crippen LogP contribution in [0.15, 0.2) is 54.1 Å². The van der Waals surface area contributed by atoms with Gasteiger partial charge in [-0.2, -0.15) is 13.2 Å². The molecule has 2 atom stereocenters. The van der Waals surface area contributed by atoms with Crippen LogP contribution in [0.4, 0.5) is 48.3 Å². The fraction of sp³-hybridized carbons (Fsp3) is 0.143. The van der Waals surface area contributed by atoms with E-state index >= 15 is 26.3 Å². The van der Waals surface area contributed by atoms with Gasteiger partial charge in [0.25, 0.3) is 0 Å². The zero-order chi connectivity index (χ0) is 29.3. The first-order valence-electron chi connectivity index (χ1n) is 11.3. The molecule has 1 nitrogen and oxygen atoms in total. The van der Waals surface area contributed by atoms with E-state index in [0.717, 1.165) is 25.3 Å². The summed E-state index contributed by atoms with van der Waals surface area (Å²) in [6.07, 6.45) is -1.05. The summed E-state index contributed by atoms with van der Waals surface area (Å²) in [4.78, 5) is 0. The quantitative estimate of drug-likeness (QED) is 0.225. The van der Waals surface area contributed by atoms with Crippen molar-refractivity contribution in [2.45, 2.75) is 12.1 Å². The van der Waals surface area contributed by atoms with Gasteiger partial charge in [-0.05, 0) is 17.7 Å². The Labute approximate surface area is 218 Å². The van der Waals surface area contributed by atoms with E-state index in [9.17, 15) is 22.0 Å². The number of benzene rings is 3. The van der Waals surface area contributed by atoms with Gasteiger partial charge in [-0.1, -0.05) is 24.3 Å². The summed E-state index contributed by atoms with van der Waals surface area (Å²) in [5, 5.41) is 0. The Bertz CT molecular complexity index is 1610. The van der Waals surface area contributed by atoms with Crippen LogP contribution in [0.2, 0.25) is 0 Å². The molecule has 0 bridgehead atoms. The topological polar surface area (TPSA) is 9.23 Å². The molecule has 0 saturated heterocycles. The summed E-state index contributed by atoms with van der Waals surface area (Å²) in [7, 11) is 1.12. The smallest absolute Gasteiger partial charge is 0.422 e. The zero-order valence-corrected chi connectivity index (χ0v) is 19.8. The Morgan fingerprint density at radius 1 is 0.675 bits per heavy atom. The van der Waals surface area contributed by atoms with Crippen LogP contribution in [0.1, 0.15) is 33.7 Å². The number of hydrogen-bond acceptors (Lipinski definition) is 1. The SMILES string of the molecule is COc1cc(F)c(C2c3c(F)ccc(F)c3C(c3c(F)c(F)c(C(F)(F)F)c(F)c3F)=C3C=CC=CC32)c(F)c1. The van der Waals surface area contributed by atoms with Gasteiger partial charge in [0.05, 0.1) is 12.7 Å². The van der Waals surface area contributed by atoms with Gasteiger partial charge in [0.15, 0.2) is 23.3 Å². The first kappa shape index (κ1) is 27.5. The van der Waals surface area contributed by atoms with Crippen molar-refractivity contribution < 1.29 is 53.0 Å². The monoisotopic (exact) mass is 574 g/mol. The van der Waals surface area contributed by atoms with Crippen LogP contribution >= 0.6 is 0 Å². The zero-order valence-electron chi connectivity index (χ0n) is 19.8. The van der Waals surface area contributed by atoms with E-state index in [2.05, 4.69) is 0 Å². The molecular weight excluding hydrogens is 561 g/mol. The lowest BCUT2D eigenvalue weighted by Crippen LogP contribution is -2.27. The number of allylic oxidation sites excluding steroid dienone is 5. The van der Waals surface area contributed by atoms with Gasteiger partial charge in [-0.15, -0.1) is 0 Å². The summed E-state index contributed by atoms with van der Waals surface area (Å²) in [6, 6.07) is 2.57. The molecule has 0 heterocycles. The van der Waals surface area contributed by atoms with E-state index in [1.165, 1.54) is 18.2 Å². The molecule has 0 amide bonds. The predicted molar refractivity (Wildman–Crippen MR) is 120 cm³/mol. The van der Waals surface area contributed by atoms with Crippen LogP contribution in [0, 0.1) is 52.5 Å². The fourth-order valence-corrected chi connectivity index (χ4v) is 5.22. The number of hydrogen-bond donors (Lipinski definition) is 0. The normalized spacial score (nSPS) is 18.2. The molecule has 3 aromatic rings. The molecule has 0 N–H and O–H groups in total. The summed E-state index contributed by atoms with van der Waals surface area (Å²) in [6.45, 7) is 0. The van der Waals surface area contributed by atoms with Crippen LogP contribution in [-0.2, 0) is 6.18 Å². The summed E-state index contributed by atoms with van der Waals surface area (Å²) < 4.78 is 165. The molecule has 40 heavy (non-hydrogen) atoms. The molecule has 0 fully saturated rings. The third-order valence-electron chi connectivity index (χ3n) is 6.81. The van der Waals surface area contributed by atoms with Gasteiger partial charge in [-0.3, -0.25) is 0 Å². The maximum absolute atomic E-state index is 15.4. The first-order chi connectivity index (χ1) is 18.8. The minimum Gasteiger partial charge on any atom is -0.497 e. The Morgan fingerprint density at radius 2 is 1.25 bits per heavy atom. The van der Waals surface area contributed by atoms with Crippen molar-refractivity contribution in [1.82, 2.24) is 0 Å². The van der Waals surface area contributed by atoms with Crippen LogP contribution in [0.5, 0.6) is 5.75 Å². The third kappa shape index (κ3) is 3.99. The van der Waals surface area contributed by atoms with Crippen LogP contribution in [-0.4, -0.2) is 7.11 Å². The molecule has 208 valence electrons. The molecule has 2 unspecified atom stereocenters. The van der Waals surface area contributed by atoms with Crippen LogP contribution in [0.3, 0.4) is 0 Å². The minimum atomic E-state index is -5.85. The van der Waals surface area contributed by atoms with E-state index in [1.54, 1.807) is 0 Å². The molecule has 0 aliphatic heterocycles. The van der Waals surface area contributed by atoms with Gasteiger partial charge in [0.2, 0.25) is 0 Å². The van der Waals surface area contributed by atoms with E-state index in [0.29, 0.717) is 12.1 Å². The second-order valence-electron chi connectivity index (χ2n) is 8.90. The van der Waals surface area contributed by atoms with E-state index in [4.69, 9.17) is 4.74 Å². The summed E-state index contributed by atoms with van der Waals surface area (Å²) in [5.41, 5.74) is -8.70. The largest absolute Gasteiger partial charge is 0.497 e. The van der Waals surface area contributed by atoms with Crippen LogP contribution in [0.25, 0.3) is 5.57 Å². The third-order valence-corrected chi connectivity index (χ3v) is 6.81. The standard InChI is InChI=1S/C28H13F11O/c1-40-10-8-15(31)19(16(32)9-10)17-11-4-2-3-5-12(11)18(21-14(30)7-6-13(29)20(17)21)22-24(33)26(35)23(28(37,38)39)27(36)25(22)34/h2-9,11,17H,1H3. The van der Waals surface area contributed by atoms with Gasteiger partial charge >= 0.3 is 6.18 Å². The molecule has 0 radical (unpaired) electrons. The van der Waals surface area contributed by atoms with Crippen LogP contribution < -0.4 is 4.74 Å². The average Bonchev–Trinajstić information content (AvgIpc) is 2.89. The molecule has 2 aliphatic rings. The first-order valence-corrected chi connectivity index (χ1v) is 11.3. The predicted octanol–water partition coefficient (Wildman–Crippen LogP) is 8.52. The lowest BCUT2D eigenvalue weighted by Gasteiger charge is -2.37. The summed E-state index contributed by atoms with van der Waals surface area (Å²) in [5.74, 6) is -19.3. The highest BCUT2D eigenvalue weighted by molar-refractivity contribution is 5.89. The molecule has 0 spiro atoms. The van der Waals surface area contributed by atoms with Crippen molar-refractivity contribution in [3.8, 4) is 5.75 Å². The number of fused-ring (bicyclic) bond motifs is 2. The molecular formula is C28H13F11O. The Morgan fingerprint density at radius 3 is 1.80 bits per heavy atom. The molecule has 0 saturated carbocycles. The lowest BCUT2D eigenvalue weighted by molar-refractivity contribution is -0.143. The Hall–Kier alpha value is -4.09. The van der Waals surface area contributed by atoms with E-state index in [1.807, 2.05) is 0 Å². The second kappa shape index (κ2) is 9.53.